The van der Waals surface area contributed by atoms with Crippen molar-refractivity contribution in [3.05, 3.63) is 0 Å². The van der Waals surface area contributed by atoms with E-state index in [-0.39, 0.29) is 23.8 Å². The van der Waals surface area contributed by atoms with Crippen LogP contribution in [-0.4, -0.2) is 26.2 Å². The summed E-state index contributed by atoms with van der Waals surface area (Å²) >= 11 is 0. The minimum Gasteiger partial charge on any atom is -0.469 e. The van der Waals surface area contributed by atoms with Gasteiger partial charge in [-0.15, -0.1) is 0 Å². The minimum atomic E-state index is -0.120. The first-order valence-electron chi connectivity index (χ1n) is 6.34. The standard InChI is InChI=1S/2C7H14O2/c2*1-5(2)6(3)7(8)9-4/h2*5-6H,1-4H3/t2*6-/m10/s1. The van der Waals surface area contributed by atoms with Crippen LogP contribution in [0.2, 0.25) is 0 Å². The molecule has 0 N–H and O–H groups in total. The van der Waals surface area contributed by atoms with E-state index >= 15 is 0 Å². The molecule has 0 heterocycles. The molecule has 0 aliphatic heterocycles. The Balaban J connectivity index is 0. The molecular weight excluding hydrogens is 232 g/mol. The smallest absolute Gasteiger partial charge is 0.308 e. The van der Waals surface area contributed by atoms with Crippen molar-refractivity contribution in [3.63, 3.8) is 0 Å². The summed E-state index contributed by atoms with van der Waals surface area (Å²) in [4.78, 5) is 21.5. The maximum absolute atomic E-state index is 10.7. The first kappa shape index (κ1) is 19.3. The molecule has 0 aromatic carbocycles. The second-order valence-electron chi connectivity index (χ2n) is 5.11. The van der Waals surface area contributed by atoms with Gasteiger partial charge in [-0.1, -0.05) is 41.5 Å². The van der Waals surface area contributed by atoms with Crippen LogP contribution in [0.5, 0.6) is 0 Å². The Labute approximate surface area is 111 Å². The average molecular weight is 260 g/mol. The van der Waals surface area contributed by atoms with Crippen molar-refractivity contribution < 1.29 is 19.1 Å². The molecule has 0 saturated carbocycles. The molecule has 108 valence electrons. The lowest BCUT2D eigenvalue weighted by Gasteiger charge is -2.11. The third-order valence-corrected chi connectivity index (χ3v) is 3.15. The molecule has 0 radical (unpaired) electrons. The van der Waals surface area contributed by atoms with E-state index in [9.17, 15) is 9.59 Å². The van der Waals surface area contributed by atoms with E-state index in [0.717, 1.165) is 0 Å². The first-order chi connectivity index (χ1) is 8.18. The molecule has 0 spiro atoms. The molecule has 0 amide bonds. The number of hydrogen-bond acceptors (Lipinski definition) is 4. The first-order valence-corrected chi connectivity index (χ1v) is 6.34. The Morgan fingerprint density at radius 2 is 0.889 bits per heavy atom. The van der Waals surface area contributed by atoms with Crippen LogP contribution in [0.4, 0.5) is 0 Å². The highest BCUT2D eigenvalue weighted by Crippen LogP contribution is 2.10. The summed E-state index contributed by atoms with van der Waals surface area (Å²) in [7, 11) is 2.84. The van der Waals surface area contributed by atoms with Crippen molar-refractivity contribution >= 4 is 11.9 Å². The predicted molar refractivity (Wildman–Crippen MR) is 72.0 cm³/mol. The van der Waals surface area contributed by atoms with Crippen LogP contribution < -0.4 is 0 Å². The summed E-state index contributed by atoms with van der Waals surface area (Å²) in [5, 5.41) is 0. The molecule has 0 unspecified atom stereocenters. The van der Waals surface area contributed by atoms with E-state index in [1.165, 1.54) is 14.2 Å². The Morgan fingerprint density at radius 3 is 0.944 bits per heavy atom. The molecule has 4 nitrogen and oxygen atoms in total. The second-order valence-corrected chi connectivity index (χ2v) is 5.11. The number of ether oxygens (including phenoxy) is 2. The maximum Gasteiger partial charge on any atom is 0.308 e. The van der Waals surface area contributed by atoms with E-state index in [1.54, 1.807) is 0 Å². The third kappa shape index (κ3) is 8.09. The number of carbonyl (C=O) groups excluding carboxylic acids is 2. The van der Waals surface area contributed by atoms with E-state index in [2.05, 4.69) is 9.47 Å². The molecular formula is C14H28O4. The lowest BCUT2D eigenvalue weighted by molar-refractivity contribution is -0.147. The molecule has 0 saturated heterocycles. The number of methoxy groups -OCH3 is 2. The van der Waals surface area contributed by atoms with Crippen LogP contribution in [0.25, 0.3) is 0 Å². The van der Waals surface area contributed by atoms with Crippen molar-refractivity contribution in [3.8, 4) is 0 Å². The zero-order valence-electron chi connectivity index (χ0n) is 12.9. The van der Waals surface area contributed by atoms with E-state index in [0.29, 0.717) is 11.8 Å². The lowest BCUT2D eigenvalue weighted by Crippen LogP contribution is -2.17. The normalized spacial score (nSPS) is 13.4. The Hall–Kier alpha value is -1.06. The molecule has 0 aromatic rings. The van der Waals surface area contributed by atoms with Crippen molar-refractivity contribution in [2.75, 3.05) is 14.2 Å². The van der Waals surface area contributed by atoms with Crippen molar-refractivity contribution in [2.24, 2.45) is 23.7 Å². The van der Waals surface area contributed by atoms with Gasteiger partial charge >= 0.3 is 11.9 Å². The van der Waals surface area contributed by atoms with Gasteiger partial charge in [0, 0.05) is 0 Å². The maximum atomic E-state index is 10.7. The number of hydrogen-bond donors (Lipinski definition) is 0. The van der Waals surface area contributed by atoms with Gasteiger partial charge in [-0.2, -0.15) is 0 Å². The molecule has 0 bridgehead atoms. The molecule has 0 aliphatic carbocycles. The summed E-state index contributed by atoms with van der Waals surface area (Å²) in [5.41, 5.74) is 0. The van der Waals surface area contributed by atoms with Crippen molar-refractivity contribution in [2.45, 2.75) is 41.5 Å². The zero-order valence-corrected chi connectivity index (χ0v) is 12.9. The number of carbonyl (C=O) groups is 2. The summed E-state index contributed by atoms with van der Waals surface area (Å²) in [6, 6.07) is 0. The van der Waals surface area contributed by atoms with Crippen molar-refractivity contribution in [1.82, 2.24) is 0 Å². The summed E-state index contributed by atoms with van der Waals surface area (Å²) in [5.74, 6) is 0.551. The Bertz CT molecular complexity index is 220. The highest BCUT2D eigenvalue weighted by Gasteiger charge is 2.16. The fourth-order valence-electron chi connectivity index (χ4n) is 0.916. The van der Waals surface area contributed by atoms with Gasteiger partial charge in [-0.25, -0.2) is 0 Å². The molecule has 4 heteroatoms. The SMILES string of the molecule is COC(=O)[C@@H](C)C(C)C.COC(=O)[C@H](C)C(C)C. The summed E-state index contributed by atoms with van der Waals surface area (Å²) < 4.78 is 9.07. The van der Waals surface area contributed by atoms with Gasteiger partial charge in [0.1, 0.15) is 0 Å². The number of esters is 2. The molecule has 0 aliphatic rings. The van der Waals surface area contributed by atoms with Crippen LogP contribution in [0.3, 0.4) is 0 Å². The van der Waals surface area contributed by atoms with Crippen LogP contribution in [0.15, 0.2) is 0 Å². The van der Waals surface area contributed by atoms with Gasteiger partial charge in [0.2, 0.25) is 0 Å². The van der Waals surface area contributed by atoms with Gasteiger partial charge in [-0.05, 0) is 11.8 Å². The second kappa shape index (κ2) is 9.92. The Kier molecular flexibility index (Phi) is 10.6. The minimum absolute atomic E-state index is 0.0231. The molecule has 0 aromatic heterocycles. The zero-order chi connectivity index (χ0) is 14.9. The molecule has 0 rings (SSSR count). The quantitative estimate of drug-likeness (QED) is 0.729. The van der Waals surface area contributed by atoms with E-state index in [1.807, 2.05) is 41.5 Å². The van der Waals surface area contributed by atoms with Gasteiger partial charge < -0.3 is 9.47 Å². The van der Waals surface area contributed by atoms with Crippen LogP contribution in [-0.2, 0) is 19.1 Å². The highest BCUT2D eigenvalue weighted by molar-refractivity contribution is 5.72. The van der Waals surface area contributed by atoms with Gasteiger partial charge in [0.25, 0.3) is 0 Å². The topological polar surface area (TPSA) is 52.6 Å². The van der Waals surface area contributed by atoms with Crippen LogP contribution in [0, 0.1) is 23.7 Å². The fourth-order valence-corrected chi connectivity index (χ4v) is 0.916. The van der Waals surface area contributed by atoms with E-state index < -0.39 is 0 Å². The predicted octanol–water partition coefficient (Wildman–Crippen LogP) is 2.90. The summed E-state index contributed by atoms with van der Waals surface area (Å²) in [6.45, 7) is 11.7. The van der Waals surface area contributed by atoms with Crippen LogP contribution >= 0.6 is 0 Å². The number of rotatable bonds is 4. The lowest BCUT2D eigenvalue weighted by atomic mass is 9.99. The Morgan fingerprint density at radius 1 is 0.667 bits per heavy atom. The monoisotopic (exact) mass is 260 g/mol. The third-order valence-electron chi connectivity index (χ3n) is 3.15. The highest BCUT2D eigenvalue weighted by atomic mass is 16.5. The van der Waals surface area contributed by atoms with Crippen LogP contribution in [0.1, 0.15) is 41.5 Å². The fraction of sp³-hybridized carbons (Fsp3) is 0.857. The van der Waals surface area contributed by atoms with Gasteiger partial charge in [0.15, 0.2) is 0 Å². The molecule has 0 fully saturated rings. The average Bonchev–Trinajstić information content (AvgIpc) is 2.35. The van der Waals surface area contributed by atoms with Crippen molar-refractivity contribution in [1.29, 1.82) is 0 Å². The van der Waals surface area contributed by atoms with Gasteiger partial charge in [0.05, 0.1) is 26.1 Å². The van der Waals surface area contributed by atoms with Gasteiger partial charge in [-0.3, -0.25) is 9.59 Å². The summed E-state index contributed by atoms with van der Waals surface area (Å²) in [6.07, 6.45) is 0. The molecule has 2 atom stereocenters. The van der Waals surface area contributed by atoms with E-state index in [4.69, 9.17) is 0 Å². The largest absolute Gasteiger partial charge is 0.469 e. The molecule has 18 heavy (non-hydrogen) atoms.